The van der Waals surface area contributed by atoms with E-state index in [0.717, 1.165) is 42.6 Å². The van der Waals surface area contributed by atoms with Crippen molar-refractivity contribution in [2.45, 2.75) is 25.2 Å². The first kappa shape index (κ1) is 14.0. The highest BCUT2D eigenvalue weighted by Crippen LogP contribution is 2.34. The quantitative estimate of drug-likeness (QED) is 0.856. The molecule has 0 radical (unpaired) electrons. The smallest absolute Gasteiger partial charge is 0.172 e. The average Bonchev–Trinajstić information content (AvgIpc) is 2.96. The summed E-state index contributed by atoms with van der Waals surface area (Å²) in [7, 11) is 1.93. The second kappa shape index (κ2) is 6.19. The number of fused-ring (bicyclic) bond motifs is 1. The Bertz CT molecular complexity index is 651. The van der Waals surface area contributed by atoms with E-state index < -0.39 is 0 Å². The van der Waals surface area contributed by atoms with Gasteiger partial charge >= 0.3 is 0 Å². The maximum Gasteiger partial charge on any atom is 0.172 e. The van der Waals surface area contributed by atoms with Crippen LogP contribution in [-0.4, -0.2) is 24.4 Å². The highest BCUT2D eigenvalue weighted by atomic mass is 16.1. The van der Waals surface area contributed by atoms with Gasteiger partial charge < -0.3 is 5.32 Å². The van der Waals surface area contributed by atoms with Gasteiger partial charge in [0.15, 0.2) is 5.78 Å². The van der Waals surface area contributed by atoms with Crippen LogP contribution in [0, 0.1) is 0 Å². The van der Waals surface area contributed by atoms with Crippen LogP contribution in [-0.2, 0) is 12.8 Å². The van der Waals surface area contributed by atoms with Gasteiger partial charge in [0, 0.05) is 11.8 Å². The molecule has 1 N–H and O–H groups in total. The van der Waals surface area contributed by atoms with Gasteiger partial charge in [0.1, 0.15) is 0 Å². The van der Waals surface area contributed by atoms with Gasteiger partial charge in [-0.3, -0.25) is 9.78 Å². The van der Waals surface area contributed by atoms with Crippen LogP contribution in [0.5, 0.6) is 0 Å². The molecule has 0 aliphatic heterocycles. The Balaban J connectivity index is 1.90. The molecule has 0 spiro atoms. The van der Waals surface area contributed by atoms with Crippen LogP contribution in [0.2, 0.25) is 0 Å². The normalized spacial score (nSPS) is 16.7. The molecule has 1 aromatic carbocycles. The zero-order valence-corrected chi connectivity index (χ0v) is 12.3. The predicted octanol–water partition coefficient (Wildman–Crippen LogP) is 2.76. The first-order chi connectivity index (χ1) is 10.3. The summed E-state index contributed by atoms with van der Waals surface area (Å²) in [6.07, 6.45) is 4.50. The monoisotopic (exact) mass is 280 g/mol. The van der Waals surface area contributed by atoms with Crippen LogP contribution in [0.15, 0.2) is 42.6 Å². The Labute approximate surface area is 125 Å². The maximum atomic E-state index is 12.9. The topological polar surface area (TPSA) is 42.0 Å². The van der Waals surface area contributed by atoms with Crippen LogP contribution in [0.1, 0.15) is 39.5 Å². The van der Waals surface area contributed by atoms with Crippen molar-refractivity contribution >= 4 is 5.78 Å². The number of aryl methyl sites for hydroxylation is 1. The SMILES string of the molecule is CNCCc1ccccc1C(=O)C1CCc2cccnc21. The van der Waals surface area contributed by atoms with Crippen molar-refractivity contribution in [2.75, 3.05) is 13.6 Å². The van der Waals surface area contributed by atoms with E-state index in [2.05, 4.69) is 22.4 Å². The number of rotatable bonds is 5. The lowest BCUT2D eigenvalue weighted by atomic mass is 9.91. The van der Waals surface area contributed by atoms with Crippen LogP contribution in [0.4, 0.5) is 0 Å². The number of Topliss-reactive ketones (excluding diaryl/α,β-unsaturated/α-hetero) is 1. The summed E-state index contributed by atoms with van der Waals surface area (Å²) in [4.78, 5) is 17.4. The zero-order chi connectivity index (χ0) is 14.7. The molecule has 3 nitrogen and oxygen atoms in total. The number of benzene rings is 1. The fourth-order valence-corrected chi connectivity index (χ4v) is 3.09. The van der Waals surface area contributed by atoms with Gasteiger partial charge in [-0.1, -0.05) is 30.3 Å². The summed E-state index contributed by atoms with van der Waals surface area (Å²) in [5, 5.41) is 3.14. The highest BCUT2D eigenvalue weighted by Gasteiger charge is 2.31. The highest BCUT2D eigenvalue weighted by molar-refractivity contribution is 6.02. The van der Waals surface area contributed by atoms with E-state index in [4.69, 9.17) is 0 Å². The molecule has 1 aliphatic carbocycles. The fraction of sp³-hybridized carbons (Fsp3) is 0.333. The van der Waals surface area contributed by atoms with Gasteiger partial charge in [-0.2, -0.15) is 0 Å². The number of carbonyl (C=O) groups is 1. The molecule has 1 heterocycles. The minimum atomic E-state index is -0.0723. The number of ketones is 1. The van der Waals surface area contributed by atoms with Gasteiger partial charge in [-0.15, -0.1) is 0 Å². The molecule has 3 heteroatoms. The molecule has 1 atom stereocenters. The minimum Gasteiger partial charge on any atom is -0.319 e. The Hall–Kier alpha value is -2.00. The first-order valence-electron chi connectivity index (χ1n) is 7.51. The summed E-state index contributed by atoms with van der Waals surface area (Å²) in [6.45, 7) is 0.879. The lowest BCUT2D eigenvalue weighted by molar-refractivity contribution is 0.0957. The van der Waals surface area contributed by atoms with E-state index in [0.29, 0.717) is 0 Å². The maximum absolute atomic E-state index is 12.9. The van der Waals surface area contributed by atoms with Crippen molar-refractivity contribution in [2.24, 2.45) is 0 Å². The van der Waals surface area contributed by atoms with E-state index in [1.807, 2.05) is 31.3 Å². The Morgan fingerprint density at radius 1 is 1.29 bits per heavy atom. The molecule has 0 bridgehead atoms. The second-order valence-corrected chi connectivity index (χ2v) is 5.51. The standard InChI is InChI=1S/C18H20N2O/c1-19-12-10-13-5-2-3-7-15(13)18(21)16-9-8-14-6-4-11-20-17(14)16/h2-7,11,16,19H,8-10,12H2,1H3. The van der Waals surface area contributed by atoms with Crippen LogP contribution in [0.25, 0.3) is 0 Å². The van der Waals surface area contributed by atoms with Crippen LogP contribution >= 0.6 is 0 Å². The van der Waals surface area contributed by atoms with Gasteiger partial charge in [-0.25, -0.2) is 0 Å². The van der Waals surface area contributed by atoms with Crippen LogP contribution in [0.3, 0.4) is 0 Å². The third kappa shape index (κ3) is 2.74. The summed E-state index contributed by atoms with van der Waals surface area (Å²) in [6, 6.07) is 12.0. The van der Waals surface area contributed by atoms with E-state index >= 15 is 0 Å². The van der Waals surface area contributed by atoms with Gasteiger partial charge in [0.05, 0.1) is 11.6 Å². The molecule has 1 aliphatic rings. The summed E-state index contributed by atoms with van der Waals surface area (Å²) in [5.74, 6) is 0.149. The summed E-state index contributed by atoms with van der Waals surface area (Å²) >= 11 is 0. The lowest BCUT2D eigenvalue weighted by Gasteiger charge is -2.13. The lowest BCUT2D eigenvalue weighted by Crippen LogP contribution is -2.16. The molecule has 21 heavy (non-hydrogen) atoms. The molecule has 1 unspecified atom stereocenters. The minimum absolute atomic E-state index is 0.0723. The fourth-order valence-electron chi connectivity index (χ4n) is 3.09. The molecule has 0 saturated heterocycles. The van der Waals surface area contributed by atoms with Gasteiger partial charge in [-0.05, 0) is 50.0 Å². The summed E-state index contributed by atoms with van der Waals surface area (Å²) in [5.41, 5.74) is 4.19. The van der Waals surface area contributed by atoms with E-state index in [9.17, 15) is 4.79 Å². The molecule has 108 valence electrons. The summed E-state index contributed by atoms with van der Waals surface area (Å²) < 4.78 is 0. The molecule has 1 aromatic heterocycles. The number of nitrogens with one attached hydrogen (secondary N) is 1. The molecular weight excluding hydrogens is 260 g/mol. The Morgan fingerprint density at radius 2 is 2.14 bits per heavy atom. The molecule has 0 fully saturated rings. The molecule has 0 amide bonds. The van der Waals surface area contributed by atoms with E-state index in [-0.39, 0.29) is 11.7 Å². The van der Waals surface area contributed by atoms with Crippen molar-refractivity contribution in [3.05, 3.63) is 65.0 Å². The molecule has 2 aromatic rings. The van der Waals surface area contributed by atoms with Crippen molar-refractivity contribution in [3.8, 4) is 0 Å². The van der Waals surface area contributed by atoms with E-state index in [1.54, 1.807) is 6.20 Å². The molecular formula is C18H20N2O. The van der Waals surface area contributed by atoms with E-state index in [1.165, 1.54) is 5.56 Å². The Morgan fingerprint density at radius 3 is 3.00 bits per heavy atom. The van der Waals surface area contributed by atoms with Crippen molar-refractivity contribution in [1.29, 1.82) is 0 Å². The number of carbonyl (C=O) groups excluding carboxylic acids is 1. The van der Waals surface area contributed by atoms with Crippen LogP contribution < -0.4 is 5.32 Å². The zero-order valence-electron chi connectivity index (χ0n) is 12.3. The van der Waals surface area contributed by atoms with Crippen molar-refractivity contribution in [1.82, 2.24) is 10.3 Å². The number of pyridine rings is 1. The van der Waals surface area contributed by atoms with Crippen molar-refractivity contribution < 1.29 is 4.79 Å². The molecule has 3 rings (SSSR count). The van der Waals surface area contributed by atoms with Crippen molar-refractivity contribution in [3.63, 3.8) is 0 Å². The number of hydrogen-bond acceptors (Lipinski definition) is 3. The number of likely N-dealkylation sites (N-methyl/N-ethyl adjacent to an activating group) is 1. The van der Waals surface area contributed by atoms with Gasteiger partial charge in [0.2, 0.25) is 0 Å². The Kier molecular flexibility index (Phi) is 4.11. The number of aromatic nitrogens is 1. The average molecular weight is 280 g/mol. The second-order valence-electron chi connectivity index (χ2n) is 5.51. The number of hydrogen-bond donors (Lipinski definition) is 1. The third-order valence-corrected chi connectivity index (χ3v) is 4.20. The first-order valence-corrected chi connectivity index (χ1v) is 7.51. The largest absolute Gasteiger partial charge is 0.319 e. The number of nitrogens with zero attached hydrogens (tertiary/aromatic N) is 1. The van der Waals surface area contributed by atoms with Gasteiger partial charge in [0.25, 0.3) is 0 Å². The molecule has 0 saturated carbocycles. The third-order valence-electron chi connectivity index (χ3n) is 4.20. The predicted molar refractivity (Wildman–Crippen MR) is 83.7 cm³/mol.